The number of hydrogen-bond donors (Lipinski definition) is 3. The Morgan fingerprint density at radius 1 is 1.41 bits per heavy atom. The van der Waals surface area contributed by atoms with Gasteiger partial charge in [-0.1, -0.05) is 0 Å². The number of halogens is 1. The van der Waals surface area contributed by atoms with Crippen molar-refractivity contribution < 1.29 is 14.0 Å². The first-order valence-corrected chi connectivity index (χ1v) is 5.76. The molecule has 7 nitrogen and oxygen atoms in total. The molecule has 1 aromatic rings. The molecule has 92 valence electrons. The van der Waals surface area contributed by atoms with E-state index in [1.807, 2.05) is 28.0 Å². The van der Waals surface area contributed by atoms with Gasteiger partial charge in [0.25, 0.3) is 0 Å². The molecular weight excluding hydrogens is 339 g/mol. The number of hydrogen-bond acceptors (Lipinski definition) is 5. The summed E-state index contributed by atoms with van der Waals surface area (Å²) in [5.74, 6) is 4.63. The summed E-state index contributed by atoms with van der Waals surface area (Å²) in [6.07, 6.45) is 1.43. The van der Waals surface area contributed by atoms with Crippen molar-refractivity contribution in [1.82, 2.24) is 10.9 Å². The van der Waals surface area contributed by atoms with Crippen molar-refractivity contribution in [2.24, 2.45) is 10.9 Å². The third-order valence-electron chi connectivity index (χ3n) is 1.72. The van der Waals surface area contributed by atoms with E-state index in [1.165, 1.54) is 6.21 Å². The molecule has 1 rings (SSSR count). The summed E-state index contributed by atoms with van der Waals surface area (Å²) >= 11 is 2.02. The highest BCUT2D eigenvalue weighted by Gasteiger charge is 2.04. The van der Waals surface area contributed by atoms with E-state index in [1.54, 1.807) is 12.1 Å². The molecule has 0 aliphatic carbocycles. The number of hydrazone groups is 1. The Morgan fingerprint density at radius 2 is 2.12 bits per heavy atom. The van der Waals surface area contributed by atoms with Gasteiger partial charge < -0.3 is 4.42 Å². The van der Waals surface area contributed by atoms with Gasteiger partial charge in [0.2, 0.25) is 11.8 Å². The summed E-state index contributed by atoms with van der Waals surface area (Å²) in [7, 11) is 0. The van der Waals surface area contributed by atoms with Gasteiger partial charge in [-0.25, -0.2) is 11.3 Å². The van der Waals surface area contributed by atoms with E-state index in [4.69, 9.17) is 10.3 Å². The van der Waals surface area contributed by atoms with E-state index in [-0.39, 0.29) is 18.7 Å². The fourth-order valence-electron chi connectivity index (χ4n) is 0.921. The summed E-state index contributed by atoms with van der Waals surface area (Å²) in [6, 6.07) is 3.49. The molecule has 0 unspecified atom stereocenters. The summed E-state index contributed by atoms with van der Waals surface area (Å²) < 4.78 is 5.92. The Balaban J connectivity index is 2.28. The third-order valence-corrected chi connectivity index (χ3v) is 2.29. The minimum atomic E-state index is -0.398. The first-order chi connectivity index (χ1) is 8.11. The summed E-state index contributed by atoms with van der Waals surface area (Å²) in [5.41, 5.74) is 4.20. The molecule has 17 heavy (non-hydrogen) atoms. The Kier molecular flexibility index (Phi) is 5.63. The fraction of sp³-hybridized carbons (Fsp3) is 0.222. The van der Waals surface area contributed by atoms with Crippen molar-refractivity contribution in [2.75, 3.05) is 0 Å². The molecule has 1 aromatic heterocycles. The van der Waals surface area contributed by atoms with E-state index in [0.29, 0.717) is 5.76 Å². The number of furan rings is 1. The highest BCUT2D eigenvalue weighted by Crippen LogP contribution is 2.07. The average molecular weight is 350 g/mol. The second kappa shape index (κ2) is 7.01. The average Bonchev–Trinajstić information content (AvgIpc) is 2.72. The van der Waals surface area contributed by atoms with Crippen molar-refractivity contribution in [3.63, 3.8) is 0 Å². The first-order valence-electron chi connectivity index (χ1n) is 4.68. The van der Waals surface area contributed by atoms with Gasteiger partial charge in [-0.2, -0.15) is 5.10 Å². The van der Waals surface area contributed by atoms with Gasteiger partial charge in [-0.15, -0.1) is 0 Å². The maximum absolute atomic E-state index is 11.2. The summed E-state index contributed by atoms with van der Waals surface area (Å²) in [4.78, 5) is 21.9. The maximum Gasteiger partial charge on any atom is 0.240 e. The van der Waals surface area contributed by atoms with Gasteiger partial charge in [-0.3, -0.25) is 15.0 Å². The number of nitrogens with zero attached hydrogens (tertiary/aromatic N) is 1. The van der Waals surface area contributed by atoms with E-state index < -0.39 is 5.91 Å². The minimum absolute atomic E-state index is 0.0239. The van der Waals surface area contributed by atoms with E-state index in [2.05, 4.69) is 10.5 Å². The second-order valence-corrected chi connectivity index (χ2v) is 4.07. The molecular formula is C9H11IN4O3. The summed E-state index contributed by atoms with van der Waals surface area (Å²) in [5, 5.41) is 3.67. The van der Waals surface area contributed by atoms with Crippen molar-refractivity contribution >= 4 is 40.6 Å². The van der Waals surface area contributed by atoms with Crippen LogP contribution in [0.2, 0.25) is 0 Å². The molecule has 0 aliphatic heterocycles. The SMILES string of the molecule is NNC(=O)CCC(=O)N/N=C\c1ccc(I)o1. The lowest BCUT2D eigenvalue weighted by Crippen LogP contribution is -2.31. The van der Waals surface area contributed by atoms with Crippen LogP contribution in [-0.4, -0.2) is 18.0 Å². The highest BCUT2D eigenvalue weighted by molar-refractivity contribution is 14.1. The Morgan fingerprint density at radius 3 is 2.71 bits per heavy atom. The van der Waals surface area contributed by atoms with Gasteiger partial charge in [0.1, 0.15) is 5.76 Å². The zero-order chi connectivity index (χ0) is 12.7. The number of nitrogens with one attached hydrogen (secondary N) is 2. The molecule has 4 N–H and O–H groups in total. The molecule has 0 saturated heterocycles. The maximum atomic E-state index is 11.2. The standard InChI is InChI=1S/C9H11IN4O3/c10-7-2-1-6(17-7)5-12-14-9(16)4-3-8(15)13-11/h1-2,5H,3-4,11H2,(H,13,15)(H,14,16)/b12-5-. The number of hydrazine groups is 1. The fourth-order valence-corrected chi connectivity index (χ4v) is 1.35. The van der Waals surface area contributed by atoms with Crippen LogP contribution in [0, 0.1) is 3.77 Å². The number of rotatable bonds is 5. The predicted octanol–water partition coefficient (Wildman–Crippen LogP) is 0.104. The van der Waals surface area contributed by atoms with Gasteiger partial charge in [-0.05, 0) is 34.7 Å². The van der Waals surface area contributed by atoms with Crippen LogP contribution >= 0.6 is 22.6 Å². The molecule has 0 aliphatic rings. The Labute approximate surface area is 111 Å². The smallest absolute Gasteiger partial charge is 0.240 e. The van der Waals surface area contributed by atoms with Gasteiger partial charge in [0, 0.05) is 12.8 Å². The van der Waals surface area contributed by atoms with Crippen molar-refractivity contribution in [3.8, 4) is 0 Å². The molecule has 0 spiro atoms. The van der Waals surface area contributed by atoms with Crippen LogP contribution in [0.15, 0.2) is 21.7 Å². The number of carbonyl (C=O) groups excluding carboxylic acids is 2. The molecule has 0 atom stereocenters. The van der Waals surface area contributed by atoms with Crippen LogP contribution in [0.25, 0.3) is 0 Å². The molecule has 0 saturated carbocycles. The van der Waals surface area contributed by atoms with E-state index in [9.17, 15) is 9.59 Å². The molecule has 0 bridgehead atoms. The number of nitrogens with two attached hydrogens (primary N) is 1. The molecule has 2 amide bonds. The zero-order valence-electron chi connectivity index (χ0n) is 8.77. The summed E-state index contributed by atoms with van der Waals surface area (Å²) in [6.45, 7) is 0. The van der Waals surface area contributed by atoms with Crippen LogP contribution in [-0.2, 0) is 9.59 Å². The van der Waals surface area contributed by atoms with Crippen molar-refractivity contribution in [2.45, 2.75) is 12.8 Å². The minimum Gasteiger partial charge on any atom is -0.449 e. The largest absolute Gasteiger partial charge is 0.449 e. The Bertz CT molecular complexity index is 430. The normalized spacial score (nSPS) is 10.5. The second-order valence-electron chi connectivity index (χ2n) is 3.00. The lowest BCUT2D eigenvalue weighted by molar-refractivity contribution is -0.126. The molecule has 8 heteroatoms. The lowest BCUT2D eigenvalue weighted by Gasteiger charge is -1.98. The van der Waals surface area contributed by atoms with Crippen molar-refractivity contribution in [3.05, 3.63) is 21.7 Å². The number of carbonyl (C=O) groups is 2. The lowest BCUT2D eigenvalue weighted by atomic mass is 10.3. The molecule has 1 heterocycles. The van der Waals surface area contributed by atoms with Crippen LogP contribution in [0.4, 0.5) is 0 Å². The van der Waals surface area contributed by atoms with Gasteiger partial charge in [0.15, 0.2) is 3.77 Å². The van der Waals surface area contributed by atoms with Crippen LogP contribution in [0.5, 0.6) is 0 Å². The molecule has 0 fully saturated rings. The van der Waals surface area contributed by atoms with Gasteiger partial charge in [0.05, 0.1) is 6.21 Å². The van der Waals surface area contributed by atoms with Gasteiger partial charge >= 0.3 is 0 Å². The van der Waals surface area contributed by atoms with E-state index >= 15 is 0 Å². The first kappa shape index (κ1) is 13.6. The quantitative estimate of drug-likeness (QED) is 0.230. The zero-order valence-corrected chi connectivity index (χ0v) is 10.9. The Hall–Kier alpha value is -1.42. The van der Waals surface area contributed by atoms with Crippen molar-refractivity contribution in [1.29, 1.82) is 0 Å². The van der Waals surface area contributed by atoms with Crippen LogP contribution in [0.3, 0.4) is 0 Å². The van der Waals surface area contributed by atoms with Crippen LogP contribution in [0.1, 0.15) is 18.6 Å². The molecule has 0 radical (unpaired) electrons. The monoisotopic (exact) mass is 350 g/mol. The van der Waals surface area contributed by atoms with E-state index in [0.717, 1.165) is 3.77 Å². The highest BCUT2D eigenvalue weighted by atomic mass is 127. The predicted molar refractivity (Wildman–Crippen MR) is 68.7 cm³/mol. The third kappa shape index (κ3) is 5.45. The van der Waals surface area contributed by atoms with Crippen LogP contribution < -0.4 is 16.7 Å². The molecule has 0 aromatic carbocycles. The number of amides is 2. The topological polar surface area (TPSA) is 110 Å².